The summed E-state index contributed by atoms with van der Waals surface area (Å²) in [4.78, 5) is 25.5. The third kappa shape index (κ3) is 3.65. The Hall–Kier alpha value is -1.64. The number of fused-ring (bicyclic) bond motifs is 1. The highest BCUT2D eigenvalue weighted by molar-refractivity contribution is 6.19. The van der Waals surface area contributed by atoms with Gasteiger partial charge in [0.25, 0.3) is 0 Å². The summed E-state index contributed by atoms with van der Waals surface area (Å²) < 4.78 is 0. The van der Waals surface area contributed by atoms with Gasteiger partial charge < -0.3 is 5.32 Å². The normalized spacial score (nSPS) is 35.9. The van der Waals surface area contributed by atoms with E-state index in [1.807, 2.05) is 0 Å². The molecule has 3 aliphatic rings. The number of ketones is 2. The zero-order valence-electron chi connectivity index (χ0n) is 18.5. The Morgan fingerprint density at radius 1 is 1.14 bits per heavy atom. The number of rotatable bonds is 5. The average Bonchev–Trinajstić information content (AvgIpc) is 2.62. The lowest BCUT2D eigenvalue weighted by atomic mass is 9.46. The molecule has 28 heavy (non-hydrogen) atoms. The molecule has 1 N–H and O–H groups in total. The molecule has 0 aromatic rings. The molecule has 0 aliphatic heterocycles. The number of carbonyl (C=O) groups excluding carboxylic acids is 2. The Morgan fingerprint density at radius 2 is 1.86 bits per heavy atom. The van der Waals surface area contributed by atoms with Crippen LogP contribution in [0.25, 0.3) is 0 Å². The van der Waals surface area contributed by atoms with E-state index in [1.54, 1.807) is 6.08 Å². The molecule has 0 radical (unpaired) electrons. The topological polar surface area (TPSA) is 46.2 Å². The molecule has 154 valence electrons. The van der Waals surface area contributed by atoms with Crippen LogP contribution >= 0.6 is 0 Å². The van der Waals surface area contributed by atoms with Crippen molar-refractivity contribution in [1.82, 2.24) is 5.32 Å². The summed E-state index contributed by atoms with van der Waals surface area (Å²) in [7, 11) is 0. The minimum absolute atomic E-state index is 0.00892. The molecule has 0 aromatic carbocycles. The van der Waals surface area contributed by atoms with E-state index in [-0.39, 0.29) is 22.4 Å². The molecular weight excluding hydrogens is 346 g/mol. The van der Waals surface area contributed by atoms with Gasteiger partial charge in [-0.15, -0.1) is 0 Å². The molecule has 3 heteroatoms. The van der Waals surface area contributed by atoms with Crippen molar-refractivity contribution in [3.63, 3.8) is 0 Å². The van der Waals surface area contributed by atoms with Crippen molar-refractivity contribution in [3.05, 3.63) is 35.1 Å². The van der Waals surface area contributed by atoms with Crippen molar-refractivity contribution in [3.8, 4) is 0 Å². The van der Waals surface area contributed by atoms with Gasteiger partial charge in [0.15, 0.2) is 5.78 Å². The highest BCUT2D eigenvalue weighted by Gasteiger charge is 2.53. The second-order valence-corrected chi connectivity index (χ2v) is 10.3. The van der Waals surface area contributed by atoms with E-state index in [1.165, 1.54) is 30.9 Å². The van der Waals surface area contributed by atoms with Crippen LogP contribution in [-0.2, 0) is 9.59 Å². The summed E-state index contributed by atoms with van der Waals surface area (Å²) in [5.74, 6) is 1.49. The Labute approximate surface area is 170 Å². The summed E-state index contributed by atoms with van der Waals surface area (Å²) in [6, 6.07) is 0. The van der Waals surface area contributed by atoms with Gasteiger partial charge in [-0.25, -0.2) is 0 Å². The molecule has 0 heterocycles. The maximum atomic E-state index is 12.9. The smallest absolute Gasteiger partial charge is 0.202 e. The molecule has 3 aliphatic carbocycles. The minimum atomic E-state index is -0.0511. The van der Waals surface area contributed by atoms with Crippen molar-refractivity contribution in [1.29, 1.82) is 0 Å². The van der Waals surface area contributed by atoms with Crippen LogP contribution in [0.1, 0.15) is 73.6 Å². The first-order valence-electron chi connectivity index (χ1n) is 11.0. The largest absolute Gasteiger partial charge is 0.382 e. The maximum absolute atomic E-state index is 12.9. The Morgan fingerprint density at radius 3 is 2.54 bits per heavy atom. The van der Waals surface area contributed by atoms with Crippen LogP contribution in [0.5, 0.6) is 0 Å². The number of nitrogens with one attached hydrogen (secondary N) is 1. The summed E-state index contributed by atoms with van der Waals surface area (Å²) >= 11 is 0. The summed E-state index contributed by atoms with van der Waals surface area (Å²) in [6.45, 7) is 14.3. The van der Waals surface area contributed by atoms with Crippen LogP contribution in [0.15, 0.2) is 35.1 Å². The van der Waals surface area contributed by atoms with Crippen LogP contribution in [0.4, 0.5) is 0 Å². The van der Waals surface area contributed by atoms with Crippen LogP contribution in [0.3, 0.4) is 0 Å². The summed E-state index contributed by atoms with van der Waals surface area (Å²) in [5.41, 5.74) is 2.93. The van der Waals surface area contributed by atoms with Gasteiger partial charge in [-0.05, 0) is 73.7 Å². The van der Waals surface area contributed by atoms with Crippen LogP contribution in [0.2, 0.25) is 0 Å². The molecule has 0 spiro atoms. The monoisotopic (exact) mass is 383 g/mol. The van der Waals surface area contributed by atoms with Gasteiger partial charge >= 0.3 is 0 Å². The highest BCUT2D eigenvalue weighted by atomic mass is 16.1. The van der Waals surface area contributed by atoms with E-state index in [0.717, 1.165) is 6.42 Å². The van der Waals surface area contributed by atoms with Gasteiger partial charge in [-0.2, -0.15) is 0 Å². The van der Waals surface area contributed by atoms with Gasteiger partial charge in [-0.3, -0.25) is 9.59 Å². The maximum Gasteiger partial charge on any atom is 0.202 e. The highest BCUT2D eigenvalue weighted by Crippen LogP contribution is 2.62. The number of hydrogen-bond donors (Lipinski definition) is 1. The zero-order valence-corrected chi connectivity index (χ0v) is 18.5. The van der Waals surface area contributed by atoms with Crippen LogP contribution in [0, 0.1) is 28.6 Å². The number of hydrogen-bond acceptors (Lipinski definition) is 3. The fourth-order valence-electron chi connectivity index (χ4n) is 5.81. The Bertz CT molecular complexity index is 757. The lowest BCUT2D eigenvalue weighted by Crippen LogP contribution is -2.50. The second kappa shape index (κ2) is 7.65. The second-order valence-electron chi connectivity index (χ2n) is 10.3. The molecule has 0 bridgehead atoms. The van der Waals surface area contributed by atoms with E-state index < -0.39 is 0 Å². The van der Waals surface area contributed by atoms with E-state index in [9.17, 15) is 9.59 Å². The SMILES string of the molecule is CC1=CCC[C@H]2[C@](C)(CC3=CC(=O)C(NCC(C)C)=CC3=O)[C@@H](C)CC[C@]12C. The van der Waals surface area contributed by atoms with Crippen LogP contribution < -0.4 is 5.32 Å². The molecule has 3 nitrogen and oxygen atoms in total. The minimum Gasteiger partial charge on any atom is -0.382 e. The zero-order chi connectivity index (χ0) is 20.7. The van der Waals surface area contributed by atoms with Gasteiger partial charge in [0, 0.05) is 18.2 Å². The lowest BCUT2D eigenvalue weighted by molar-refractivity contribution is -0.116. The van der Waals surface area contributed by atoms with Crippen molar-refractivity contribution >= 4 is 11.6 Å². The van der Waals surface area contributed by atoms with Crippen molar-refractivity contribution in [2.75, 3.05) is 6.54 Å². The van der Waals surface area contributed by atoms with Gasteiger partial charge in [-0.1, -0.05) is 46.3 Å². The molecule has 3 rings (SSSR count). The molecule has 1 fully saturated rings. The molecule has 0 saturated heterocycles. The fraction of sp³-hybridized carbons (Fsp3) is 0.680. The third-order valence-corrected chi connectivity index (χ3v) is 8.03. The molecule has 0 aromatic heterocycles. The summed E-state index contributed by atoms with van der Waals surface area (Å²) in [6.07, 6.45) is 11.0. The Kier molecular flexibility index (Phi) is 5.76. The third-order valence-electron chi connectivity index (χ3n) is 8.03. The Balaban J connectivity index is 1.84. The summed E-state index contributed by atoms with van der Waals surface area (Å²) in [5, 5.41) is 3.14. The van der Waals surface area contributed by atoms with Crippen LogP contribution in [-0.4, -0.2) is 18.1 Å². The standard InChI is InChI=1S/C25H37NO2/c1-16(2)15-26-20-13-21(27)19(12-22(20)28)14-25(6)18(4)10-11-24(5)17(3)8-7-9-23(24)25/h8,12-13,16,18,23,26H,7,9-11,14-15H2,1-6H3/t18-,23+,24+,25+/m0/s1. The van der Waals surface area contributed by atoms with Crippen molar-refractivity contribution in [2.24, 2.45) is 28.6 Å². The van der Waals surface area contributed by atoms with Crippen molar-refractivity contribution in [2.45, 2.75) is 73.6 Å². The fourth-order valence-corrected chi connectivity index (χ4v) is 5.81. The first kappa shape index (κ1) is 21.1. The van der Waals surface area contributed by atoms with Gasteiger partial charge in [0.2, 0.25) is 5.78 Å². The molecule has 0 amide bonds. The van der Waals surface area contributed by atoms with E-state index in [4.69, 9.17) is 0 Å². The van der Waals surface area contributed by atoms with E-state index in [2.05, 4.69) is 52.9 Å². The molecular formula is C25H37NO2. The van der Waals surface area contributed by atoms with Gasteiger partial charge in [0.1, 0.15) is 0 Å². The quantitative estimate of drug-likeness (QED) is 0.512. The predicted molar refractivity (Wildman–Crippen MR) is 115 cm³/mol. The molecule has 1 saturated carbocycles. The van der Waals surface area contributed by atoms with Gasteiger partial charge in [0.05, 0.1) is 5.70 Å². The number of allylic oxidation sites excluding steroid dienone is 5. The van der Waals surface area contributed by atoms with E-state index in [0.29, 0.717) is 42.0 Å². The first-order chi connectivity index (χ1) is 13.1. The van der Waals surface area contributed by atoms with E-state index >= 15 is 0 Å². The lowest BCUT2D eigenvalue weighted by Gasteiger charge is -2.58. The molecule has 0 unspecified atom stereocenters. The number of carbonyl (C=O) groups is 2. The predicted octanol–water partition coefficient (Wildman–Crippen LogP) is 5.38. The average molecular weight is 384 g/mol. The first-order valence-corrected chi connectivity index (χ1v) is 11.0. The molecule has 4 atom stereocenters. The van der Waals surface area contributed by atoms with Crippen molar-refractivity contribution < 1.29 is 9.59 Å².